The van der Waals surface area contributed by atoms with Crippen LogP contribution in [0.1, 0.15) is 12.5 Å². The van der Waals surface area contributed by atoms with E-state index in [1.54, 1.807) is 19.1 Å². The van der Waals surface area contributed by atoms with E-state index in [1.807, 2.05) is 0 Å². The van der Waals surface area contributed by atoms with Crippen LogP contribution in [0.4, 0.5) is 0 Å². The van der Waals surface area contributed by atoms with Gasteiger partial charge in [0.15, 0.2) is 11.3 Å². The molecule has 10 heteroatoms. The van der Waals surface area contributed by atoms with Crippen molar-refractivity contribution >= 4 is 5.76 Å². The van der Waals surface area contributed by atoms with Crippen LogP contribution in [-0.4, -0.2) is 71.5 Å². The molecule has 0 amide bonds. The standard InChI is InChI=1S/C19H22N2O8/c1-3-27-13-6-11(4-5-12(13)18(26-2)10(7-20)8-21)28-19-17(25)16(24)15(23)14(9-22)29-19/h4-6,14-17,19,22-25H,3,9H2,1-2H3. The van der Waals surface area contributed by atoms with Crippen molar-refractivity contribution in [2.45, 2.75) is 37.6 Å². The van der Waals surface area contributed by atoms with Crippen molar-refractivity contribution in [1.82, 2.24) is 0 Å². The summed E-state index contributed by atoms with van der Waals surface area (Å²) in [5.74, 6) is 0.444. The molecule has 4 N–H and O–H groups in total. The molecule has 5 unspecified atom stereocenters. The van der Waals surface area contributed by atoms with Crippen molar-refractivity contribution in [2.24, 2.45) is 0 Å². The Morgan fingerprint density at radius 3 is 2.38 bits per heavy atom. The third-order valence-electron chi connectivity index (χ3n) is 4.25. The van der Waals surface area contributed by atoms with Crippen LogP contribution in [0.3, 0.4) is 0 Å². The Bertz CT molecular complexity index is 810. The van der Waals surface area contributed by atoms with Gasteiger partial charge in [0.05, 0.1) is 25.9 Å². The summed E-state index contributed by atoms with van der Waals surface area (Å²) in [4.78, 5) is 0. The third kappa shape index (κ3) is 4.77. The van der Waals surface area contributed by atoms with Gasteiger partial charge >= 0.3 is 0 Å². The van der Waals surface area contributed by atoms with E-state index in [9.17, 15) is 20.4 Å². The average Bonchev–Trinajstić information content (AvgIpc) is 2.73. The van der Waals surface area contributed by atoms with E-state index in [-0.39, 0.29) is 29.4 Å². The smallest absolute Gasteiger partial charge is 0.229 e. The molecule has 1 aliphatic heterocycles. The molecule has 1 aromatic rings. The van der Waals surface area contributed by atoms with E-state index in [4.69, 9.17) is 29.5 Å². The fourth-order valence-corrected chi connectivity index (χ4v) is 2.81. The summed E-state index contributed by atoms with van der Waals surface area (Å²) in [5.41, 5.74) is 0.102. The topological polar surface area (TPSA) is 165 Å². The Labute approximate surface area is 167 Å². The van der Waals surface area contributed by atoms with Gasteiger partial charge in [-0.1, -0.05) is 0 Å². The predicted octanol–water partition coefficient (Wildman–Crippen LogP) is -0.331. The Morgan fingerprint density at radius 1 is 1.14 bits per heavy atom. The van der Waals surface area contributed by atoms with E-state index in [1.165, 1.54) is 25.3 Å². The first-order valence-electron chi connectivity index (χ1n) is 8.74. The van der Waals surface area contributed by atoms with Crippen LogP contribution in [-0.2, 0) is 9.47 Å². The van der Waals surface area contributed by atoms with E-state index in [0.29, 0.717) is 5.56 Å². The average molecular weight is 406 g/mol. The minimum atomic E-state index is -1.58. The van der Waals surface area contributed by atoms with Crippen molar-refractivity contribution in [3.63, 3.8) is 0 Å². The summed E-state index contributed by atoms with van der Waals surface area (Å²) in [6.07, 6.45) is -7.12. The second kappa shape index (κ2) is 10.1. The van der Waals surface area contributed by atoms with Crippen LogP contribution < -0.4 is 9.47 Å². The Kier molecular flexibility index (Phi) is 7.79. The lowest BCUT2D eigenvalue weighted by molar-refractivity contribution is -0.277. The number of nitriles is 2. The third-order valence-corrected chi connectivity index (χ3v) is 4.25. The molecule has 0 aliphatic carbocycles. The summed E-state index contributed by atoms with van der Waals surface area (Å²) in [5, 5.41) is 57.3. The highest BCUT2D eigenvalue weighted by Gasteiger charge is 2.44. The maximum Gasteiger partial charge on any atom is 0.229 e. The molecule has 0 aromatic heterocycles. The molecule has 1 aromatic carbocycles. The molecule has 1 heterocycles. The summed E-state index contributed by atoms with van der Waals surface area (Å²) in [6.45, 7) is 1.42. The van der Waals surface area contributed by atoms with Gasteiger partial charge in [0.25, 0.3) is 0 Å². The molecule has 0 spiro atoms. The number of ether oxygens (including phenoxy) is 4. The normalized spacial score (nSPS) is 26.0. The van der Waals surface area contributed by atoms with Crippen molar-refractivity contribution in [1.29, 1.82) is 10.5 Å². The van der Waals surface area contributed by atoms with Crippen LogP contribution in [0.25, 0.3) is 5.76 Å². The number of methoxy groups -OCH3 is 1. The number of benzene rings is 1. The first-order chi connectivity index (χ1) is 13.9. The van der Waals surface area contributed by atoms with Gasteiger partial charge in [0.1, 0.15) is 48.1 Å². The van der Waals surface area contributed by atoms with Crippen LogP contribution in [0.2, 0.25) is 0 Å². The molecule has 29 heavy (non-hydrogen) atoms. The maximum absolute atomic E-state index is 10.1. The number of rotatable bonds is 7. The summed E-state index contributed by atoms with van der Waals surface area (Å²) in [6, 6.07) is 7.91. The minimum absolute atomic E-state index is 0.0258. The Hall–Kier alpha value is -2.86. The number of aliphatic hydroxyl groups excluding tert-OH is 4. The van der Waals surface area contributed by atoms with Gasteiger partial charge in [-0.25, -0.2) is 0 Å². The van der Waals surface area contributed by atoms with Gasteiger partial charge in [-0.05, 0) is 19.1 Å². The number of hydrogen-bond acceptors (Lipinski definition) is 10. The highest BCUT2D eigenvalue weighted by molar-refractivity contribution is 5.74. The molecule has 1 aliphatic rings. The lowest BCUT2D eigenvalue weighted by Crippen LogP contribution is -2.60. The molecule has 5 atom stereocenters. The molecule has 2 rings (SSSR count). The lowest BCUT2D eigenvalue weighted by atomic mass is 9.99. The van der Waals surface area contributed by atoms with Gasteiger partial charge in [-0.2, -0.15) is 10.5 Å². The Morgan fingerprint density at radius 2 is 1.83 bits per heavy atom. The zero-order chi connectivity index (χ0) is 21.6. The molecule has 156 valence electrons. The van der Waals surface area contributed by atoms with Crippen molar-refractivity contribution in [2.75, 3.05) is 20.3 Å². The second-order valence-electron chi connectivity index (χ2n) is 6.04. The van der Waals surface area contributed by atoms with Gasteiger partial charge in [0.2, 0.25) is 6.29 Å². The van der Waals surface area contributed by atoms with E-state index in [0.717, 1.165) is 0 Å². The maximum atomic E-state index is 10.1. The van der Waals surface area contributed by atoms with Crippen LogP contribution in [0.5, 0.6) is 11.5 Å². The zero-order valence-corrected chi connectivity index (χ0v) is 15.8. The van der Waals surface area contributed by atoms with E-state index < -0.39 is 37.3 Å². The largest absolute Gasteiger partial charge is 0.494 e. The monoisotopic (exact) mass is 406 g/mol. The quantitative estimate of drug-likeness (QED) is 0.348. The van der Waals surface area contributed by atoms with Crippen molar-refractivity contribution in [3.05, 3.63) is 29.3 Å². The van der Waals surface area contributed by atoms with Gasteiger partial charge < -0.3 is 39.4 Å². The summed E-state index contributed by atoms with van der Waals surface area (Å²) in [7, 11) is 1.32. The molecular formula is C19H22N2O8. The summed E-state index contributed by atoms with van der Waals surface area (Å²) >= 11 is 0. The molecule has 1 fully saturated rings. The number of allylic oxidation sites excluding steroid dienone is 1. The minimum Gasteiger partial charge on any atom is -0.494 e. The fraction of sp³-hybridized carbons (Fsp3) is 0.474. The first-order valence-corrected chi connectivity index (χ1v) is 8.74. The lowest BCUT2D eigenvalue weighted by Gasteiger charge is -2.39. The van der Waals surface area contributed by atoms with Gasteiger partial charge in [-0.15, -0.1) is 0 Å². The van der Waals surface area contributed by atoms with Crippen LogP contribution in [0.15, 0.2) is 23.8 Å². The molecule has 10 nitrogen and oxygen atoms in total. The Balaban J connectivity index is 2.37. The summed E-state index contributed by atoms with van der Waals surface area (Å²) < 4.78 is 21.6. The predicted molar refractivity (Wildman–Crippen MR) is 97.2 cm³/mol. The zero-order valence-electron chi connectivity index (χ0n) is 15.8. The van der Waals surface area contributed by atoms with E-state index in [2.05, 4.69) is 0 Å². The van der Waals surface area contributed by atoms with Gasteiger partial charge in [0, 0.05) is 6.07 Å². The number of hydrogen-bond donors (Lipinski definition) is 4. The molecule has 0 bridgehead atoms. The molecule has 1 saturated heterocycles. The molecule has 0 radical (unpaired) electrons. The van der Waals surface area contributed by atoms with Crippen molar-refractivity contribution in [3.8, 4) is 23.6 Å². The van der Waals surface area contributed by atoms with Crippen LogP contribution >= 0.6 is 0 Å². The molecule has 0 saturated carbocycles. The number of aliphatic hydroxyl groups is 4. The number of nitrogens with zero attached hydrogens (tertiary/aromatic N) is 2. The van der Waals surface area contributed by atoms with Crippen molar-refractivity contribution < 1.29 is 39.4 Å². The molecular weight excluding hydrogens is 384 g/mol. The highest BCUT2D eigenvalue weighted by Crippen LogP contribution is 2.34. The van der Waals surface area contributed by atoms with E-state index >= 15 is 0 Å². The second-order valence-corrected chi connectivity index (χ2v) is 6.04. The van der Waals surface area contributed by atoms with Crippen LogP contribution in [0, 0.1) is 22.7 Å². The van der Waals surface area contributed by atoms with Gasteiger partial charge in [-0.3, -0.25) is 0 Å². The fourth-order valence-electron chi connectivity index (χ4n) is 2.81. The highest BCUT2D eigenvalue weighted by atomic mass is 16.7. The first kappa shape index (κ1) is 22.4. The SMILES string of the molecule is CCOc1cc(OC2OC(CO)C(O)C(O)C2O)ccc1C(OC)=C(C#N)C#N.